The van der Waals surface area contributed by atoms with Crippen molar-refractivity contribution < 1.29 is 14.3 Å². The average molecular weight is 491 g/mol. The Hall–Kier alpha value is -3.98. The lowest BCUT2D eigenvalue weighted by atomic mass is 10.1. The van der Waals surface area contributed by atoms with Gasteiger partial charge in [0.05, 0.1) is 24.2 Å². The number of ether oxygens (including phenoxy) is 1. The monoisotopic (exact) mass is 490 g/mol. The normalized spacial score (nSPS) is 10.8. The van der Waals surface area contributed by atoms with E-state index in [0.29, 0.717) is 10.6 Å². The zero-order valence-electron chi connectivity index (χ0n) is 19.8. The number of methoxy groups -OCH3 is 1. The number of aryl methyl sites for hydroxylation is 1. The molecule has 0 spiro atoms. The number of thiophene rings is 1. The second kappa shape index (κ2) is 10.5. The molecule has 1 N–H and O–H groups in total. The van der Waals surface area contributed by atoms with Crippen LogP contribution >= 0.6 is 11.3 Å². The number of pyridine rings is 2. The largest absolute Gasteiger partial charge is 0.496 e. The van der Waals surface area contributed by atoms with Crippen molar-refractivity contribution in [3.63, 3.8) is 0 Å². The summed E-state index contributed by atoms with van der Waals surface area (Å²) in [5.74, 6) is 0.332. The second-order valence-electron chi connectivity index (χ2n) is 8.01. The van der Waals surface area contributed by atoms with Crippen LogP contribution in [0.2, 0.25) is 0 Å². The molecule has 180 valence electrons. The number of aromatic nitrogens is 2. The summed E-state index contributed by atoms with van der Waals surface area (Å²) >= 11 is 1.37. The molecule has 4 rings (SSSR count). The van der Waals surface area contributed by atoms with Gasteiger partial charge in [0.15, 0.2) is 0 Å². The highest BCUT2D eigenvalue weighted by atomic mass is 32.1. The van der Waals surface area contributed by atoms with E-state index in [0.717, 1.165) is 26.9 Å². The number of carbonyl (C=O) groups excluding carboxylic acids is 2. The molecule has 0 saturated carbocycles. The van der Waals surface area contributed by atoms with Crippen molar-refractivity contribution in [1.82, 2.24) is 19.8 Å². The fraction of sp³-hybridized carbons (Fsp3) is 0.231. The number of benzene rings is 1. The smallest absolute Gasteiger partial charge is 0.264 e. The fourth-order valence-corrected chi connectivity index (χ4v) is 5.00. The lowest BCUT2D eigenvalue weighted by Crippen LogP contribution is -2.34. The lowest BCUT2D eigenvalue weighted by Gasteiger charge is -2.21. The Bertz CT molecular complexity index is 1430. The Morgan fingerprint density at radius 2 is 2.00 bits per heavy atom. The molecule has 3 aromatic heterocycles. The van der Waals surface area contributed by atoms with Gasteiger partial charge in [-0.1, -0.05) is 6.07 Å². The third-order valence-electron chi connectivity index (χ3n) is 5.72. The first-order valence-electron chi connectivity index (χ1n) is 11.1. The van der Waals surface area contributed by atoms with Crippen LogP contribution < -0.4 is 15.6 Å². The number of nitrogens with one attached hydrogen (secondary N) is 1. The van der Waals surface area contributed by atoms with Crippen LogP contribution in [0.15, 0.2) is 65.7 Å². The van der Waals surface area contributed by atoms with Crippen molar-refractivity contribution in [2.75, 3.05) is 20.7 Å². The number of amides is 2. The van der Waals surface area contributed by atoms with Crippen LogP contribution in [-0.2, 0) is 18.4 Å². The number of nitrogens with zero attached hydrogens (tertiary/aromatic N) is 3. The van der Waals surface area contributed by atoms with E-state index in [9.17, 15) is 14.4 Å². The highest BCUT2D eigenvalue weighted by molar-refractivity contribution is 7.21. The van der Waals surface area contributed by atoms with E-state index in [1.54, 1.807) is 44.6 Å². The van der Waals surface area contributed by atoms with Crippen molar-refractivity contribution >= 4 is 33.2 Å². The van der Waals surface area contributed by atoms with Crippen LogP contribution in [0.25, 0.3) is 21.2 Å². The summed E-state index contributed by atoms with van der Waals surface area (Å²) in [6.07, 6.45) is 3.65. The summed E-state index contributed by atoms with van der Waals surface area (Å²) in [7, 11) is 4.88. The summed E-state index contributed by atoms with van der Waals surface area (Å²) < 4.78 is 7.98. The van der Waals surface area contributed by atoms with Crippen molar-refractivity contribution in [1.29, 1.82) is 0 Å². The van der Waals surface area contributed by atoms with Gasteiger partial charge in [-0.05, 0) is 42.0 Å². The van der Waals surface area contributed by atoms with Crippen LogP contribution in [0.4, 0.5) is 0 Å². The first-order chi connectivity index (χ1) is 16.9. The summed E-state index contributed by atoms with van der Waals surface area (Å²) in [4.78, 5) is 43.9. The lowest BCUT2D eigenvalue weighted by molar-refractivity contribution is -0.120. The van der Waals surface area contributed by atoms with E-state index in [2.05, 4.69) is 10.3 Å². The number of carbonyl (C=O) groups is 2. The van der Waals surface area contributed by atoms with E-state index in [4.69, 9.17) is 4.74 Å². The summed E-state index contributed by atoms with van der Waals surface area (Å²) in [5.41, 5.74) is 2.41. The van der Waals surface area contributed by atoms with E-state index in [1.807, 2.05) is 36.4 Å². The van der Waals surface area contributed by atoms with Crippen LogP contribution in [0.1, 0.15) is 21.8 Å². The van der Waals surface area contributed by atoms with Gasteiger partial charge in [0.1, 0.15) is 5.75 Å². The molecule has 0 aliphatic heterocycles. The van der Waals surface area contributed by atoms with E-state index in [-0.39, 0.29) is 36.9 Å². The van der Waals surface area contributed by atoms with Crippen LogP contribution in [0, 0.1) is 0 Å². The molecule has 0 aliphatic rings. The topological polar surface area (TPSA) is 93.5 Å². The van der Waals surface area contributed by atoms with Crippen molar-refractivity contribution in [2.24, 2.45) is 7.05 Å². The maximum absolute atomic E-state index is 13.7. The van der Waals surface area contributed by atoms with Crippen molar-refractivity contribution in [2.45, 2.75) is 13.0 Å². The Kier molecular flexibility index (Phi) is 7.26. The predicted octanol–water partition coefficient (Wildman–Crippen LogP) is 3.45. The predicted molar refractivity (Wildman–Crippen MR) is 137 cm³/mol. The molecule has 9 heteroatoms. The Labute approximate surface area is 206 Å². The number of rotatable bonds is 8. The van der Waals surface area contributed by atoms with Crippen molar-refractivity contribution in [3.8, 4) is 16.9 Å². The van der Waals surface area contributed by atoms with Gasteiger partial charge < -0.3 is 19.5 Å². The minimum atomic E-state index is -0.186. The van der Waals surface area contributed by atoms with Gasteiger partial charge in [-0.2, -0.15) is 0 Å². The van der Waals surface area contributed by atoms with Gasteiger partial charge >= 0.3 is 0 Å². The molecule has 0 aliphatic carbocycles. The molecule has 0 fully saturated rings. The minimum absolute atomic E-state index is 0.0955. The zero-order chi connectivity index (χ0) is 24.9. The molecular weight excluding hydrogens is 464 g/mol. The Morgan fingerprint density at radius 3 is 2.69 bits per heavy atom. The standard InChI is InChI=1S/C26H26N4O4S/c1-27-23(31)11-13-30(16-18-6-4-5-12-28-18)26(33)22-14-20-21(34-3)9-8-19(25(20)35-22)17-7-10-24(32)29(2)15-17/h4-10,12,14-15H,11,13,16H2,1-3H3,(H,27,31). The van der Waals surface area contributed by atoms with E-state index >= 15 is 0 Å². The number of hydrogen-bond acceptors (Lipinski definition) is 6. The molecule has 0 atom stereocenters. The maximum Gasteiger partial charge on any atom is 0.264 e. The van der Waals surface area contributed by atoms with Crippen molar-refractivity contribution in [3.05, 3.63) is 81.8 Å². The van der Waals surface area contributed by atoms with Gasteiger partial charge in [0.2, 0.25) is 11.5 Å². The molecular formula is C26H26N4O4S. The molecule has 0 radical (unpaired) electrons. The Morgan fingerprint density at radius 1 is 1.17 bits per heavy atom. The fourth-order valence-electron chi connectivity index (χ4n) is 3.82. The van der Waals surface area contributed by atoms with Gasteiger partial charge in [0, 0.05) is 61.2 Å². The minimum Gasteiger partial charge on any atom is -0.496 e. The molecule has 0 bridgehead atoms. The molecule has 2 amide bonds. The third-order valence-corrected chi connectivity index (χ3v) is 6.88. The molecule has 4 aromatic rings. The van der Waals surface area contributed by atoms with Crippen LogP contribution in [-0.4, -0.2) is 47.0 Å². The average Bonchev–Trinajstić information content (AvgIpc) is 3.33. The summed E-state index contributed by atoms with van der Waals surface area (Å²) in [5, 5.41) is 3.42. The number of hydrogen-bond donors (Lipinski definition) is 1. The first-order valence-corrected chi connectivity index (χ1v) is 11.9. The molecule has 0 saturated heterocycles. The van der Waals surface area contributed by atoms with E-state index in [1.165, 1.54) is 22.0 Å². The highest BCUT2D eigenvalue weighted by Gasteiger charge is 2.22. The zero-order valence-corrected chi connectivity index (χ0v) is 20.6. The molecule has 1 aromatic carbocycles. The first kappa shape index (κ1) is 24.2. The van der Waals surface area contributed by atoms with Gasteiger partial charge in [-0.3, -0.25) is 19.4 Å². The molecule has 3 heterocycles. The Balaban J connectivity index is 1.75. The van der Waals surface area contributed by atoms with E-state index < -0.39 is 0 Å². The van der Waals surface area contributed by atoms with Gasteiger partial charge in [-0.25, -0.2) is 0 Å². The number of fused-ring (bicyclic) bond motifs is 1. The second-order valence-corrected chi connectivity index (χ2v) is 9.06. The highest BCUT2D eigenvalue weighted by Crippen LogP contribution is 2.40. The molecule has 0 unspecified atom stereocenters. The van der Waals surface area contributed by atoms with Gasteiger partial charge in [-0.15, -0.1) is 11.3 Å². The van der Waals surface area contributed by atoms with Crippen LogP contribution in [0.5, 0.6) is 5.75 Å². The quantitative estimate of drug-likeness (QED) is 0.408. The van der Waals surface area contributed by atoms with Gasteiger partial charge in [0.25, 0.3) is 5.91 Å². The van der Waals surface area contributed by atoms with Crippen LogP contribution in [0.3, 0.4) is 0 Å². The molecule has 8 nitrogen and oxygen atoms in total. The third kappa shape index (κ3) is 5.25. The SMILES string of the molecule is CNC(=O)CCN(Cc1ccccn1)C(=O)c1cc2c(OC)ccc(-c3ccc(=O)n(C)c3)c2s1. The maximum atomic E-state index is 13.7. The summed E-state index contributed by atoms with van der Waals surface area (Å²) in [6.45, 7) is 0.545. The summed E-state index contributed by atoms with van der Waals surface area (Å²) in [6, 6.07) is 14.5. The molecule has 35 heavy (non-hydrogen) atoms.